The molecule has 26 heavy (non-hydrogen) atoms. The van der Waals surface area contributed by atoms with E-state index in [-0.39, 0.29) is 24.3 Å². The molecule has 1 saturated heterocycles. The van der Waals surface area contributed by atoms with E-state index >= 15 is 0 Å². The molecule has 1 N–H and O–H groups in total. The van der Waals surface area contributed by atoms with Crippen LogP contribution in [0.25, 0.3) is 0 Å². The predicted octanol–water partition coefficient (Wildman–Crippen LogP) is 2.60. The van der Waals surface area contributed by atoms with Crippen LogP contribution < -0.4 is 5.32 Å². The number of amides is 4. The summed E-state index contributed by atoms with van der Waals surface area (Å²) in [5.41, 5.74) is -0.0299. The van der Waals surface area contributed by atoms with Gasteiger partial charge in [-0.05, 0) is 37.5 Å². The maximum absolute atomic E-state index is 13.0. The summed E-state index contributed by atoms with van der Waals surface area (Å²) in [6, 6.07) is 5.08. The number of nitrogens with zero attached hydrogens (tertiary/aromatic N) is 2. The first-order chi connectivity index (χ1) is 12.3. The van der Waals surface area contributed by atoms with Gasteiger partial charge in [-0.25, -0.2) is 9.18 Å². The van der Waals surface area contributed by atoms with Crippen LogP contribution in [0.15, 0.2) is 24.3 Å². The van der Waals surface area contributed by atoms with E-state index in [1.807, 2.05) is 0 Å². The smallest absolute Gasteiger partial charge is 0.327 e. The highest BCUT2D eigenvalue weighted by molar-refractivity contribution is 6.08. The van der Waals surface area contributed by atoms with Crippen molar-refractivity contribution >= 4 is 17.8 Å². The van der Waals surface area contributed by atoms with Gasteiger partial charge in [0, 0.05) is 7.05 Å². The van der Waals surface area contributed by atoms with Crippen molar-refractivity contribution in [3.63, 3.8) is 0 Å². The summed E-state index contributed by atoms with van der Waals surface area (Å²) in [4.78, 5) is 40.3. The van der Waals surface area contributed by atoms with E-state index in [9.17, 15) is 18.8 Å². The second-order valence-corrected chi connectivity index (χ2v) is 7.17. The van der Waals surface area contributed by atoms with Gasteiger partial charge in [-0.2, -0.15) is 0 Å². The number of benzene rings is 1. The minimum Gasteiger partial charge on any atom is -0.348 e. The number of nitrogens with one attached hydrogen (secondary N) is 1. The maximum Gasteiger partial charge on any atom is 0.327 e. The second-order valence-electron chi connectivity index (χ2n) is 7.17. The summed E-state index contributed by atoms with van der Waals surface area (Å²) in [7, 11) is 1.64. The molecule has 1 aromatic carbocycles. The zero-order valence-electron chi connectivity index (χ0n) is 15.1. The number of hydrogen-bond acceptors (Lipinski definition) is 3. The Morgan fingerprint density at radius 2 is 1.81 bits per heavy atom. The van der Waals surface area contributed by atoms with Gasteiger partial charge in [-0.15, -0.1) is 0 Å². The Hall–Kier alpha value is -2.44. The van der Waals surface area contributed by atoms with E-state index < -0.39 is 17.5 Å². The Labute approximate surface area is 152 Å². The van der Waals surface area contributed by atoms with Crippen LogP contribution in [0.5, 0.6) is 0 Å². The summed E-state index contributed by atoms with van der Waals surface area (Å²) in [5.74, 6) is -1.03. The van der Waals surface area contributed by atoms with Crippen LogP contribution in [0.4, 0.5) is 9.18 Å². The molecule has 6 nitrogen and oxygen atoms in total. The molecule has 0 bridgehead atoms. The van der Waals surface area contributed by atoms with E-state index in [4.69, 9.17) is 0 Å². The fraction of sp³-hybridized carbons (Fsp3) is 0.526. The van der Waals surface area contributed by atoms with E-state index in [0.29, 0.717) is 12.8 Å². The summed E-state index contributed by atoms with van der Waals surface area (Å²) in [6.45, 7) is 1.48. The third-order valence-electron chi connectivity index (χ3n) is 5.53. The van der Waals surface area contributed by atoms with Crippen molar-refractivity contribution in [2.45, 2.75) is 50.6 Å². The van der Waals surface area contributed by atoms with Gasteiger partial charge in [0.2, 0.25) is 5.91 Å². The molecule has 0 unspecified atom stereocenters. The molecule has 4 amide bonds. The number of hydrogen-bond donors (Lipinski definition) is 1. The van der Waals surface area contributed by atoms with E-state index in [1.165, 1.54) is 17.0 Å². The van der Waals surface area contributed by atoms with Gasteiger partial charge in [-0.3, -0.25) is 14.5 Å². The standard InChI is InChI=1S/C19H24FN3O3/c1-13(14-6-8-15(20)9-7-14)21-16(24)12-23-17(25)19(22(2)18(23)26)10-4-3-5-11-19/h6-9,13H,3-5,10-12H2,1-2H3,(H,21,24)/t13-/m1/s1. The number of halogens is 1. The lowest BCUT2D eigenvalue weighted by Crippen LogP contribution is -2.49. The summed E-state index contributed by atoms with van der Waals surface area (Å²) in [6.07, 6.45) is 4.18. The molecule has 1 aromatic rings. The molecule has 140 valence electrons. The fourth-order valence-corrected chi connectivity index (χ4v) is 3.94. The van der Waals surface area contributed by atoms with Gasteiger partial charge in [0.1, 0.15) is 17.9 Å². The van der Waals surface area contributed by atoms with Gasteiger partial charge >= 0.3 is 6.03 Å². The predicted molar refractivity (Wildman–Crippen MR) is 93.6 cm³/mol. The van der Waals surface area contributed by atoms with Gasteiger partial charge in [0.05, 0.1) is 6.04 Å². The number of urea groups is 1. The average Bonchev–Trinajstić information content (AvgIpc) is 2.79. The molecule has 1 aliphatic heterocycles. The average molecular weight is 361 g/mol. The Morgan fingerprint density at radius 1 is 1.19 bits per heavy atom. The molecule has 2 aliphatic rings. The van der Waals surface area contributed by atoms with Gasteiger partial charge < -0.3 is 10.2 Å². The topological polar surface area (TPSA) is 69.7 Å². The van der Waals surface area contributed by atoms with Crippen molar-refractivity contribution in [3.05, 3.63) is 35.6 Å². The van der Waals surface area contributed by atoms with Crippen LogP contribution in [0.3, 0.4) is 0 Å². The minimum atomic E-state index is -0.780. The van der Waals surface area contributed by atoms with Gasteiger partial charge in [0.15, 0.2) is 0 Å². The Balaban J connectivity index is 1.66. The SMILES string of the molecule is C[C@@H](NC(=O)CN1C(=O)N(C)C2(CCCCC2)C1=O)c1ccc(F)cc1. The molecule has 1 aliphatic carbocycles. The van der Waals surface area contributed by atoms with Crippen molar-refractivity contribution in [2.75, 3.05) is 13.6 Å². The molecule has 0 radical (unpaired) electrons. The van der Waals surface area contributed by atoms with Crippen molar-refractivity contribution in [3.8, 4) is 0 Å². The molecule has 1 spiro atoms. The Morgan fingerprint density at radius 3 is 2.42 bits per heavy atom. The summed E-state index contributed by atoms with van der Waals surface area (Å²) in [5, 5.41) is 2.76. The zero-order valence-corrected chi connectivity index (χ0v) is 15.1. The maximum atomic E-state index is 13.0. The molecule has 1 heterocycles. The van der Waals surface area contributed by atoms with Gasteiger partial charge in [-0.1, -0.05) is 31.4 Å². The molecular formula is C19H24FN3O3. The number of imide groups is 1. The lowest BCUT2D eigenvalue weighted by molar-refractivity contribution is -0.137. The molecule has 0 aromatic heterocycles. The lowest BCUT2D eigenvalue weighted by Gasteiger charge is -2.35. The first-order valence-corrected chi connectivity index (χ1v) is 9.00. The molecule has 1 atom stereocenters. The van der Waals surface area contributed by atoms with Crippen molar-refractivity contribution in [1.82, 2.24) is 15.1 Å². The molecular weight excluding hydrogens is 337 g/mol. The number of rotatable bonds is 4. The quantitative estimate of drug-likeness (QED) is 0.838. The van der Waals surface area contributed by atoms with Crippen LogP contribution >= 0.6 is 0 Å². The normalized spacial score (nSPS) is 20.6. The highest BCUT2D eigenvalue weighted by atomic mass is 19.1. The summed E-state index contributed by atoms with van der Waals surface area (Å²) < 4.78 is 13.0. The molecule has 7 heteroatoms. The summed E-state index contributed by atoms with van der Waals surface area (Å²) >= 11 is 0. The van der Waals surface area contributed by atoms with Crippen LogP contribution in [-0.4, -0.2) is 46.8 Å². The first-order valence-electron chi connectivity index (χ1n) is 9.00. The van der Waals surface area contributed by atoms with E-state index in [2.05, 4.69) is 5.32 Å². The van der Waals surface area contributed by atoms with Crippen LogP contribution in [0.1, 0.15) is 50.6 Å². The minimum absolute atomic E-state index is 0.269. The van der Waals surface area contributed by atoms with E-state index in [1.54, 1.807) is 26.1 Å². The van der Waals surface area contributed by atoms with Crippen molar-refractivity contribution in [2.24, 2.45) is 0 Å². The second kappa shape index (κ2) is 7.05. The van der Waals surface area contributed by atoms with Crippen LogP contribution in [0.2, 0.25) is 0 Å². The number of carbonyl (C=O) groups is 3. The molecule has 1 saturated carbocycles. The third kappa shape index (κ3) is 3.18. The van der Waals surface area contributed by atoms with Crippen molar-refractivity contribution < 1.29 is 18.8 Å². The van der Waals surface area contributed by atoms with Crippen LogP contribution in [0, 0.1) is 5.82 Å². The molecule has 2 fully saturated rings. The Bertz CT molecular complexity index is 713. The van der Waals surface area contributed by atoms with Crippen molar-refractivity contribution in [1.29, 1.82) is 0 Å². The molecule has 3 rings (SSSR count). The number of carbonyl (C=O) groups excluding carboxylic acids is 3. The van der Waals surface area contributed by atoms with Gasteiger partial charge in [0.25, 0.3) is 5.91 Å². The zero-order chi connectivity index (χ0) is 18.9. The monoisotopic (exact) mass is 361 g/mol. The Kier molecular flexibility index (Phi) is 4.98. The highest BCUT2D eigenvalue weighted by Gasteiger charge is 2.55. The fourth-order valence-electron chi connectivity index (χ4n) is 3.94. The lowest BCUT2D eigenvalue weighted by atomic mass is 9.81. The number of likely N-dealkylation sites (N-methyl/N-ethyl adjacent to an activating group) is 1. The first kappa shape index (κ1) is 18.4. The third-order valence-corrected chi connectivity index (χ3v) is 5.53. The van der Waals surface area contributed by atoms with Crippen LogP contribution in [-0.2, 0) is 9.59 Å². The highest BCUT2D eigenvalue weighted by Crippen LogP contribution is 2.39. The largest absolute Gasteiger partial charge is 0.348 e. The van der Waals surface area contributed by atoms with E-state index in [0.717, 1.165) is 29.7 Å².